The highest BCUT2D eigenvalue weighted by Crippen LogP contribution is 2.00. The van der Waals surface area contributed by atoms with Gasteiger partial charge in [0.15, 0.2) is 5.96 Å². The van der Waals surface area contributed by atoms with Gasteiger partial charge in [-0.25, -0.2) is 0 Å². The highest BCUT2D eigenvalue weighted by molar-refractivity contribution is 5.78. The summed E-state index contributed by atoms with van der Waals surface area (Å²) < 4.78 is 0. The first kappa shape index (κ1) is 13.2. The molecule has 0 saturated heterocycles. The number of hydrogen-bond acceptors (Lipinski definition) is 2. The van der Waals surface area contributed by atoms with E-state index in [2.05, 4.69) is 24.2 Å². The summed E-state index contributed by atoms with van der Waals surface area (Å²) in [6, 6.07) is 0.149. The van der Waals surface area contributed by atoms with Crippen LogP contribution in [0.25, 0.3) is 0 Å². The Morgan fingerprint density at radius 1 is 1.36 bits per heavy atom. The number of aliphatic hydroxyl groups excluding tert-OH is 1. The number of nitrogens with zero attached hydrogens (tertiary/aromatic N) is 1. The van der Waals surface area contributed by atoms with Crippen molar-refractivity contribution in [2.75, 3.05) is 13.2 Å². The number of hydrogen-bond donors (Lipinski definition) is 3. The predicted molar refractivity (Wildman–Crippen MR) is 60.2 cm³/mol. The van der Waals surface area contributed by atoms with Gasteiger partial charge in [0.05, 0.1) is 0 Å². The Hall–Kier alpha value is -0.770. The molecule has 14 heavy (non-hydrogen) atoms. The van der Waals surface area contributed by atoms with Crippen LogP contribution in [-0.2, 0) is 0 Å². The van der Waals surface area contributed by atoms with Gasteiger partial charge in [-0.2, -0.15) is 0 Å². The van der Waals surface area contributed by atoms with Crippen molar-refractivity contribution in [2.24, 2.45) is 22.6 Å². The first-order valence-electron chi connectivity index (χ1n) is 5.14. The molecule has 2 unspecified atom stereocenters. The molecule has 0 aromatic heterocycles. The minimum Gasteiger partial charge on any atom is -0.396 e. The zero-order chi connectivity index (χ0) is 11.1. The molecule has 0 radical (unpaired) electrons. The van der Waals surface area contributed by atoms with Crippen molar-refractivity contribution in [3.05, 3.63) is 0 Å². The van der Waals surface area contributed by atoms with E-state index in [9.17, 15) is 0 Å². The van der Waals surface area contributed by atoms with Gasteiger partial charge in [-0.15, -0.1) is 0 Å². The van der Waals surface area contributed by atoms with Crippen LogP contribution in [0.4, 0.5) is 0 Å². The molecule has 0 aromatic rings. The lowest BCUT2D eigenvalue weighted by molar-refractivity contribution is 0.215. The number of guanidine groups is 1. The summed E-state index contributed by atoms with van der Waals surface area (Å²) in [6.07, 6.45) is 0. The van der Waals surface area contributed by atoms with Gasteiger partial charge in [-0.3, -0.25) is 4.99 Å². The minimum absolute atomic E-state index is 0.149. The second-order valence-corrected chi connectivity index (χ2v) is 4.21. The second kappa shape index (κ2) is 6.65. The van der Waals surface area contributed by atoms with E-state index < -0.39 is 0 Å². The molecule has 0 bridgehead atoms. The largest absolute Gasteiger partial charge is 0.396 e. The van der Waals surface area contributed by atoms with Crippen molar-refractivity contribution >= 4 is 5.96 Å². The van der Waals surface area contributed by atoms with Crippen molar-refractivity contribution < 1.29 is 5.11 Å². The number of rotatable bonds is 5. The highest BCUT2D eigenvalue weighted by atomic mass is 16.3. The van der Waals surface area contributed by atoms with E-state index in [1.165, 1.54) is 0 Å². The van der Waals surface area contributed by atoms with Crippen molar-refractivity contribution in [2.45, 2.75) is 33.7 Å². The molecular weight excluding hydrogens is 178 g/mol. The molecule has 0 heterocycles. The number of nitrogens with two attached hydrogens (primary N) is 1. The lowest BCUT2D eigenvalue weighted by Crippen LogP contribution is -2.42. The van der Waals surface area contributed by atoms with Gasteiger partial charge in [0.1, 0.15) is 0 Å². The summed E-state index contributed by atoms with van der Waals surface area (Å²) >= 11 is 0. The van der Waals surface area contributed by atoms with Crippen LogP contribution >= 0.6 is 0 Å². The number of aliphatic imine (C=N–C) groups is 1. The van der Waals surface area contributed by atoms with Gasteiger partial charge in [-0.05, 0) is 18.8 Å². The Kier molecular flexibility index (Phi) is 6.28. The molecular formula is C10H23N3O. The molecule has 0 aliphatic rings. The molecule has 84 valence electrons. The van der Waals surface area contributed by atoms with E-state index >= 15 is 0 Å². The molecule has 0 saturated carbocycles. The Morgan fingerprint density at radius 2 is 1.93 bits per heavy atom. The van der Waals surface area contributed by atoms with Gasteiger partial charge in [0.25, 0.3) is 0 Å². The van der Waals surface area contributed by atoms with Gasteiger partial charge >= 0.3 is 0 Å². The Bertz CT molecular complexity index is 180. The van der Waals surface area contributed by atoms with Crippen LogP contribution < -0.4 is 11.1 Å². The van der Waals surface area contributed by atoms with Crippen molar-refractivity contribution in [3.8, 4) is 0 Å². The van der Waals surface area contributed by atoms with Crippen molar-refractivity contribution in [3.63, 3.8) is 0 Å². The van der Waals surface area contributed by atoms with E-state index in [4.69, 9.17) is 10.8 Å². The molecule has 0 rings (SSSR count). The fourth-order valence-corrected chi connectivity index (χ4v) is 0.860. The summed E-state index contributed by atoms with van der Waals surface area (Å²) in [5.41, 5.74) is 5.67. The van der Waals surface area contributed by atoms with E-state index in [0.717, 1.165) is 6.54 Å². The zero-order valence-corrected chi connectivity index (χ0v) is 9.62. The molecule has 0 fully saturated rings. The van der Waals surface area contributed by atoms with Crippen molar-refractivity contribution in [1.82, 2.24) is 5.32 Å². The third-order valence-corrected chi connectivity index (χ3v) is 2.14. The molecule has 4 N–H and O–H groups in total. The maximum Gasteiger partial charge on any atom is 0.188 e. The molecule has 4 nitrogen and oxygen atoms in total. The lowest BCUT2D eigenvalue weighted by atomic mass is 10.1. The third-order valence-electron chi connectivity index (χ3n) is 2.14. The summed E-state index contributed by atoms with van der Waals surface area (Å²) in [6.45, 7) is 9.03. The van der Waals surface area contributed by atoms with E-state index in [1.807, 2.05) is 13.8 Å². The smallest absolute Gasteiger partial charge is 0.188 e. The fourth-order valence-electron chi connectivity index (χ4n) is 0.860. The van der Waals surface area contributed by atoms with Crippen molar-refractivity contribution in [1.29, 1.82) is 0 Å². The van der Waals surface area contributed by atoms with Crippen LogP contribution in [0, 0.1) is 11.8 Å². The SMILES string of the molecule is CC(C)CN=C(N)NC(C)C(C)CO. The minimum atomic E-state index is 0.149. The Balaban J connectivity index is 3.92. The van der Waals surface area contributed by atoms with Gasteiger partial charge < -0.3 is 16.2 Å². The number of nitrogens with one attached hydrogen (secondary N) is 1. The quantitative estimate of drug-likeness (QED) is 0.450. The molecule has 0 aliphatic heterocycles. The first-order valence-corrected chi connectivity index (χ1v) is 5.14. The predicted octanol–water partition coefficient (Wildman–Crippen LogP) is 0.564. The van der Waals surface area contributed by atoms with Gasteiger partial charge in [0.2, 0.25) is 0 Å². The van der Waals surface area contributed by atoms with E-state index in [-0.39, 0.29) is 18.6 Å². The molecule has 0 aromatic carbocycles. The Labute approximate surface area is 86.6 Å². The molecule has 0 aliphatic carbocycles. The Morgan fingerprint density at radius 3 is 2.36 bits per heavy atom. The standard InChI is InChI=1S/C10H23N3O/c1-7(2)5-12-10(11)13-9(4)8(3)6-14/h7-9,14H,5-6H2,1-4H3,(H3,11,12,13). The summed E-state index contributed by atoms with van der Waals surface area (Å²) in [5.74, 6) is 1.16. The molecule has 0 amide bonds. The number of aliphatic hydroxyl groups is 1. The molecule has 0 spiro atoms. The maximum absolute atomic E-state index is 8.92. The zero-order valence-electron chi connectivity index (χ0n) is 9.62. The summed E-state index contributed by atoms with van der Waals surface area (Å²) in [4.78, 5) is 4.18. The van der Waals surface area contributed by atoms with E-state index in [1.54, 1.807) is 0 Å². The van der Waals surface area contributed by atoms with Gasteiger partial charge in [-0.1, -0.05) is 20.8 Å². The maximum atomic E-state index is 8.92. The first-order chi connectivity index (χ1) is 6.47. The van der Waals surface area contributed by atoms with Crippen LogP contribution in [0.3, 0.4) is 0 Å². The third kappa shape index (κ3) is 5.80. The van der Waals surface area contributed by atoms with Crippen LogP contribution in [-0.4, -0.2) is 30.3 Å². The average Bonchev–Trinajstić information content (AvgIpc) is 2.13. The summed E-state index contributed by atoms with van der Waals surface area (Å²) in [7, 11) is 0. The van der Waals surface area contributed by atoms with Crippen LogP contribution in [0.5, 0.6) is 0 Å². The van der Waals surface area contributed by atoms with Crippen LogP contribution in [0.2, 0.25) is 0 Å². The monoisotopic (exact) mass is 201 g/mol. The normalized spacial score (nSPS) is 16.9. The molecule has 4 heteroatoms. The summed E-state index contributed by atoms with van der Waals surface area (Å²) in [5, 5.41) is 12.0. The topological polar surface area (TPSA) is 70.6 Å². The lowest BCUT2D eigenvalue weighted by Gasteiger charge is -2.19. The van der Waals surface area contributed by atoms with E-state index in [0.29, 0.717) is 11.9 Å². The van der Waals surface area contributed by atoms with Crippen LogP contribution in [0.15, 0.2) is 4.99 Å². The second-order valence-electron chi connectivity index (χ2n) is 4.21. The highest BCUT2D eigenvalue weighted by Gasteiger charge is 2.10. The van der Waals surface area contributed by atoms with Gasteiger partial charge in [0, 0.05) is 19.2 Å². The fraction of sp³-hybridized carbons (Fsp3) is 0.900. The molecule has 2 atom stereocenters. The average molecular weight is 201 g/mol. The van der Waals surface area contributed by atoms with Crippen LogP contribution in [0.1, 0.15) is 27.7 Å².